The maximum absolute atomic E-state index is 13.7. The first kappa shape index (κ1) is 15.2. The molecule has 0 spiro atoms. The van der Waals surface area contributed by atoms with Gasteiger partial charge < -0.3 is 15.5 Å². The second-order valence-corrected chi connectivity index (χ2v) is 5.33. The van der Waals surface area contributed by atoms with E-state index in [0.717, 1.165) is 26.2 Å². The number of hydrogen-bond donors (Lipinski definition) is 3. The molecule has 1 aromatic rings. The Bertz CT molecular complexity index is 448. The SMILES string of the molecule is Cc1cc(F)cc([C@H](CCCO)N2CCNCC2)c1O. The number of nitrogens with zero attached hydrogens (tertiary/aromatic N) is 1. The number of aromatic hydroxyl groups is 1. The number of aliphatic hydroxyl groups is 1. The molecular weight excluding hydrogens is 259 g/mol. The first-order valence-corrected chi connectivity index (χ1v) is 7.18. The van der Waals surface area contributed by atoms with Crippen LogP contribution in [0.3, 0.4) is 0 Å². The molecule has 0 bridgehead atoms. The number of aliphatic hydroxyl groups excluding tert-OH is 1. The number of phenols is 1. The van der Waals surface area contributed by atoms with Gasteiger partial charge in [0.05, 0.1) is 0 Å². The van der Waals surface area contributed by atoms with Crippen molar-refractivity contribution >= 4 is 0 Å². The molecule has 1 atom stereocenters. The predicted octanol–water partition coefficient (Wildman–Crippen LogP) is 1.56. The quantitative estimate of drug-likeness (QED) is 0.767. The van der Waals surface area contributed by atoms with Gasteiger partial charge in [-0.25, -0.2) is 4.39 Å². The van der Waals surface area contributed by atoms with Crippen molar-refractivity contribution in [3.05, 3.63) is 29.1 Å². The third-order valence-corrected chi connectivity index (χ3v) is 3.88. The molecule has 1 saturated heterocycles. The molecule has 0 unspecified atom stereocenters. The number of piperazine rings is 1. The summed E-state index contributed by atoms with van der Waals surface area (Å²) < 4.78 is 13.7. The summed E-state index contributed by atoms with van der Waals surface area (Å²) in [4.78, 5) is 2.25. The molecule has 3 N–H and O–H groups in total. The minimum absolute atomic E-state index is 0.0429. The van der Waals surface area contributed by atoms with Crippen molar-refractivity contribution in [2.45, 2.75) is 25.8 Å². The van der Waals surface area contributed by atoms with Crippen molar-refractivity contribution in [3.63, 3.8) is 0 Å². The van der Waals surface area contributed by atoms with E-state index < -0.39 is 0 Å². The third-order valence-electron chi connectivity index (χ3n) is 3.88. The van der Waals surface area contributed by atoms with Gasteiger partial charge >= 0.3 is 0 Å². The van der Waals surface area contributed by atoms with Gasteiger partial charge in [-0.15, -0.1) is 0 Å². The molecule has 1 fully saturated rings. The van der Waals surface area contributed by atoms with E-state index in [0.29, 0.717) is 24.0 Å². The highest BCUT2D eigenvalue weighted by molar-refractivity contribution is 5.42. The summed E-state index contributed by atoms with van der Waals surface area (Å²) in [7, 11) is 0. The van der Waals surface area contributed by atoms with E-state index in [-0.39, 0.29) is 24.2 Å². The zero-order chi connectivity index (χ0) is 14.5. The van der Waals surface area contributed by atoms with Crippen LogP contribution in [0, 0.1) is 12.7 Å². The molecule has 4 nitrogen and oxygen atoms in total. The number of phenolic OH excluding ortho intramolecular Hbond substituents is 1. The largest absolute Gasteiger partial charge is 0.507 e. The van der Waals surface area contributed by atoms with E-state index in [1.165, 1.54) is 12.1 Å². The van der Waals surface area contributed by atoms with Gasteiger partial charge in [-0.3, -0.25) is 4.90 Å². The van der Waals surface area contributed by atoms with Gasteiger partial charge in [0.2, 0.25) is 0 Å². The van der Waals surface area contributed by atoms with Crippen molar-refractivity contribution < 1.29 is 14.6 Å². The molecule has 0 saturated carbocycles. The van der Waals surface area contributed by atoms with Gasteiger partial charge in [-0.1, -0.05) is 0 Å². The fourth-order valence-corrected chi connectivity index (χ4v) is 2.83. The van der Waals surface area contributed by atoms with Crippen LogP contribution in [0.25, 0.3) is 0 Å². The summed E-state index contributed by atoms with van der Waals surface area (Å²) in [5.41, 5.74) is 1.20. The molecule has 0 aliphatic carbocycles. The highest BCUT2D eigenvalue weighted by Gasteiger charge is 2.25. The van der Waals surface area contributed by atoms with Gasteiger partial charge in [-0.05, 0) is 37.5 Å². The highest BCUT2D eigenvalue weighted by Crippen LogP contribution is 2.35. The van der Waals surface area contributed by atoms with E-state index in [2.05, 4.69) is 10.2 Å². The summed E-state index contributed by atoms with van der Waals surface area (Å²) in [6.45, 7) is 5.34. The van der Waals surface area contributed by atoms with E-state index in [1.54, 1.807) is 6.92 Å². The number of halogens is 1. The summed E-state index contributed by atoms with van der Waals surface area (Å²) in [6.07, 6.45) is 1.36. The standard InChI is InChI=1S/C15H23FN2O2/c1-11-9-12(16)10-13(15(11)20)14(3-2-8-19)18-6-4-17-5-7-18/h9-10,14,17,19-20H,2-8H2,1H3/t14-/m0/s1. The normalized spacial score (nSPS) is 18.1. The molecule has 20 heavy (non-hydrogen) atoms. The van der Waals surface area contributed by atoms with Crippen LogP contribution < -0.4 is 5.32 Å². The van der Waals surface area contributed by atoms with Crippen molar-refractivity contribution in [3.8, 4) is 5.75 Å². The van der Waals surface area contributed by atoms with Crippen molar-refractivity contribution in [2.75, 3.05) is 32.8 Å². The maximum atomic E-state index is 13.7. The topological polar surface area (TPSA) is 55.7 Å². The van der Waals surface area contributed by atoms with Crippen LogP contribution >= 0.6 is 0 Å². The second-order valence-electron chi connectivity index (χ2n) is 5.33. The zero-order valence-electron chi connectivity index (χ0n) is 11.9. The molecule has 0 aromatic heterocycles. The molecule has 1 aromatic carbocycles. The lowest BCUT2D eigenvalue weighted by Gasteiger charge is -2.35. The van der Waals surface area contributed by atoms with E-state index >= 15 is 0 Å². The Morgan fingerprint density at radius 2 is 2.05 bits per heavy atom. The Morgan fingerprint density at radius 3 is 2.70 bits per heavy atom. The number of benzene rings is 1. The molecular formula is C15H23FN2O2. The average Bonchev–Trinajstić information content (AvgIpc) is 2.45. The van der Waals surface area contributed by atoms with Crippen molar-refractivity contribution in [1.29, 1.82) is 0 Å². The Kier molecular flexibility index (Phi) is 5.34. The average molecular weight is 282 g/mol. The zero-order valence-corrected chi connectivity index (χ0v) is 11.9. The molecule has 2 rings (SSSR count). The Labute approximate surface area is 119 Å². The third kappa shape index (κ3) is 3.48. The fraction of sp³-hybridized carbons (Fsp3) is 0.600. The van der Waals surface area contributed by atoms with Gasteiger partial charge in [0, 0.05) is 44.4 Å². The van der Waals surface area contributed by atoms with Crippen LogP contribution in [0.4, 0.5) is 4.39 Å². The van der Waals surface area contributed by atoms with Gasteiger partial charge in [-0.2, -0.15) is 0 Å². The number of aryl methyl sites for hydroxylation is 1. The molecule has 0 amide bonds. The fourth-order valence-electron chi connectivity index (χ4n) is 2.83. The summed E-state index contributed by atoms with van der Waals surface area (Å²) in [5, 5.41) is 22.6. The van der Waals surface area contributed by atoms with E-state index in [9.17, 15) is 9.50 Å². The molecule has 1 aliphatic heterocycles. The first-order chi connectivity index (χ1) is 9.63. The molecule has 1 heterocycles. The molecule has 0 radical (unpaired) electrons. The molecule has 1 aliphatic rings. The maximum Gasteiger partial charge on any atom is 0.124 e. The lowest BCUT2D eigenvalue weighted by molar-refractivity contribution is 0.152. The monoisotopic (exact) mass is 282 g/mol. The van der Waals surface area contributed by atoms with E-state index in [1.807, 2.05) is 0 Å². The Hall–Kier alpha value is -1.17. The lowest BCUT2D eigenvalue weighted by Crippen LogP contribution is -2.45. The smallest absolute Gasteiger partial charge is 0.124 e. The van der Waals surface area contributed by atoms with Crippen LogP contribution in [0.1, 0.15) is 30.0 Å². The number of nitrogens with one attached hydrogen (secondary N) is 1. The van der Waals surface area contributed by atoms with E-state index in [4.69, 9.17) is 5.11 Å². The van der Waals surface area contributed by atoms with Crippen LogP contribution in [0.2, 0.25) is 0 Å². The van der Waals surface area contributed by atoms with Crippen molar-refractivity contribution in [2.24, 2.45) is 0 Å². The van der Waals surface area contributed by atoms with Crippen LogP contribution in [-0.2, 0) is 0 Å². The van der Waals surface area contributed by atoms with Gasteiger partial charge in [0.1, 0.15) is 11.6 Å². The van der Waals surface area contributed by atoms with Crippen LogP contribution in [0.15, 0.2) is 12.1 Å². The molecule has 5 heteroatoms. The van der Waals surface area contributed by atoms with Gasteiger partial charge in [0.25, 0.3) is 0 Å². The summed E-state index contributed by atoms with van der Waals surface area (Å²) in [6, 6.07) is 2.73. The lowest BCUT2D eigenvalue weighted by atomic mass is 9.96. The number of hydrogen-bond acceptors (Lipinski definition) is 4. The van der Waals surface area contributed by atoms with Crippen molar-refractivity contribution in [1.82, 2.24) is 10.2 Å². The summed E-state index contributed by atoms with van der Waals surface area (Å²) in [5.74, 6) is -0.146. The highest BCUT2D eigenvalue weighted by atomic mass is 19.1. The predicted molar refractivity (Wildman–Crippen MR) is 76.3 cm³/mol. The van der Waals surface area contributed by atoms with Crippen LogP contribution in [-0.4, -0.2) is 47.9 Å². The first-order valence-electron chi connectivity index (χ1n) is 7.18. The second kappa shape index (κ2) is 7.02. The Balaban J connectivity index is 2.29. The molecule has 112 valence electrons. The minimum atomic E-state index is -0.320. The summed E-state index contributed by atoms with van der Waals surface area (Å²) >= 11 is 0. The number of rotatable bonds is 5. The Morgan fingerprint density at radius 1 is 1.35 bits per heavy atom. The van der Waals surface area contributed by atoms with Crippen LogP contribution in [0.5, 0.6) is 5.75 Å². The minimum Gasteiger partial charge on any atom is -0.507 e. The van der Waals surface area contributed by atoms with Gasteiger partial charge in [0.15, 0.2) is 0 Å².